The molecule has 98 valence electrons. The van der Waals surface area contributed by atoms with Gasteiger partial charge in [-0.3, -0.25) is 0 Å². The van der Waals surface area contributed by atoms with E-state index < -0.39 is 0 Å². The quantitative estimate of drug-likeness (QED) is 0.298. The lowest BCUT2D eigenvalue weighted by Crippen LogP contribution is -2.32. The summed E-state index contributed by atoms with van der Waals surface area (Å²) in [6.45, 7) is 6.05. The van der Waals surface area contributed by atoms with E-state index in [0.717, 1.165) is 32.1 Å². The first-order valence-electron chi connectivity index (χ1n) is 6.11. The van der Waals surface area contributed by atoms with Crippen molar-refractivity contribution in [3.05, 3.63) is 12.2 Å². The minimum absolute atomic E-state index is 0.158. The average molecular weight is 242 g/mol. The zero-order valence-electron chi connectivity index (χ0n) is 10.8. The summed E-state index contributed by atoms with van der Waals surface area (Å²) in [6.07, 6.45) is 5.05. The predicted octanol–water partition coefficient (Wildman–Crippen LogP) is 2.43. The van der Waals surface area contributed by atoms with Gasteiger partial charge in [-0.1, -0.05) is 13.5 Å². The van der Waals surface area contributed by atoms with E-state index in [1.165, 1.54) is 7.11 Å². The molecule has 4 heteroatoms. The third-order valence-corrected chi connectivity index (χ3v) is 3.23. The van der Waals surface area contributed by atoms with Crippen LogP contribution in [0.2, 0.25) is 0 Å². The summed E-state index contributed by atoms with van der Waals surface area (Å²) >= 11 is 0. The van der Waals surface area contributed by atoms with Gasteiger partial charge in [0, 0.05) is 7.11 Å². The lowest BCUT2D eigenvalue weighted by atomic mass is 9.99. The van der Waals surface area contributed by atoms with Crippen molar-refractivity contribution in [3.8, 4) is 0 Å². The van der Waals surface area contributed by atoms with E-state index in [4.69, 9.17) is 14.2 Å². The van der Waals surface area contributed by atoms with Gasteiger partial charge >= 0.3 is 5.97 Å². The highest BCUT2D eigenvalue weighted by Gasteiger charge is 2.36. The van der Waals surface area contributed by atoms with Crippen LogP contribution in [0.15, 0.2) is 12.2 Å². The van der Waals surface area contributed by atoms with E-state index in [0.29, 0.717) is 5.57 Å². The minimum Gasteiger partial charge on any atom is -0.456 e. The van der Waals surface area contributed by atoms with Gasteiger partial charge in [0.15, 0.2) is 0 Å². The number of carbonyl (C=O) groups excluding carboxylic acids is 1. The third-order valence-electron chi connectivity index (χ3n) is 3.23. The minimum atomic E-state index is -0.343. The summed E-state index contributed by atoms with van der Waals surface area (Å²) < 4.78 is 15.4. The van der Waals surface area contributed by atoms with Crippen molar-refractivity contribution < 1.29 is 19.0 Å². The first kappa shape index (κ1) is 14.2. The predicted molar refractivity (Wildman–Crippen MR) is 64.6 cm³/mol. The largest absolute Gasteiger partial charge is 0.456 e. The summed E-state index contributed by atoms with van der Waals surface area (Å²) in [5, 5.41) is 0. The molecule has 0 amide bonds. The molecule has 0 aliphatic heterocycles. The lowest BCUT2D eigenvalue weighted by molar-refractivity contribution is -0.155. The fraction of sp³-hybridized carbons (Fsp3) is 0.769. The molecule has 1 rings (SSSR count). The second kappa shape index (κ2) is 6.77. The zero-order chi connectivity index (χ0) is 12.7. The van der Waals surface area contributed by atoms with E-state index in [1.807, 2.05) is 0 Å². The molecular weight excluding hydrogens is 220 g/mol. The van der Waals surface area contributed by atoms with Gasteiger partial charge in [-0.15, -0.1) is 0 Å². The summed E-state index contributed by atoms with van der Waals surface area (Å²) in [7, 11) is 1.53. The van der Waals surface area contributed by atoms with Crippen molar-refractivity contribution in [2.75, 3.05) is 20.5 Å². The van der Waals surface area contributed by atoms with Crippen LogP contribution in [0, 0.1) is 0 Å². The fourth-order valence-electron chi connectivity index (χ4n) is 2.12. The summed E-state index contributed by atoms with van der Waals surface area (Å²) in [5.41, 5.74) is 0.0862. The van der Waals surface area contributed by atoms with Crippen molar-refractivity contribution in [2.24, 2.45) is 0 Å². The highest BCUT2D eigenvalue weighted by molar-refractivity contribution is 5.88. The summed E-state index contributed by atoms with van der Waals surface area (Å²) in [5.74, 6) is -0.343. The number of hydrogen-bond donors (Lipinski definition) is 0. The number of esters is 1. The van der Waals surface area contributed by atoms with E-state index in [2.05, 4.69) is 13.5 Å². The molecular formula is C13H22O4. The smallest absolute Gasteiger partial charge is 0.336 e. The van der Waals surface area contributed by atoms with Crippen molar-refractivity contribution in [1.29, 1.82) is 0 Å². The SMILES string of the molecule is C=C(COCOC)C(=O)OC1(CC)CCCC1. The number of hydrogen-bond acceptors (Lipinski definition) is 4. The Morgan fingerprint density at radius 1 is 1.35 bits per heavy atom. The summed E-state index contributed by atoms with van der Waals surface area (Å²) in [6, 6.07) is 0. The van der Waals surface area contributed by atoms with Crippen molar-refractivity contribution in [1.82, 2.24) is 0 Å². The Labute approximate surface area is 103 Å². The Kier molecular flexibility index (Phi) is 5.65. The standard InChI is InChI=1S/C13H22O4/c1-4-13(7-5-6-8-13)17-12(14)11(2)9-16-10-15-3/h2,4-10H2,1,3H3. The normalized spacial score (nSPS) is 18.0. The van der Waals surface area contributed by atoms with Crippen molar-refractivity contribution in [2.45, 2.75) is 44.6 Å². The Hall–Kier alpha value is -0.870. The van der Waals surface area contributed by atoms with Gasteiger partial charge in [0.2, 0.25) is 0 Å². The first-order valence-corrected chi connectivity index (χ1v) is 6.11. The molecule has 1 fully saturated rings. The molecule has 0 aromatic rings. The van der Waals surface area contributed by atoms with Gasteiger partial charge in [0.05, 0.1) is 12.2 Å². The topological polar surface area (TPSA) is 44.8 Å². The molecule has 0 bridgehead atoms. The van der Waals surface area contributed by atoms with Crippen LogP contribution in [0.1, 0.15) is 39.0 Å². The molecule has 0 aromatic carbocycles. The highest BCUT2D eigenvalue weighted by atomic mass is 16.7. The average Bonchev–Trinajstić information content (AvgIpc) is 2.78. The monoisotopic (exact) mass is 242 g/mol. The Morgan fingerprint density at radius 2 is 2.00 bits per heavy atom. The van der Waals surface area contributed by atoms with E-state index in [9.17, 15) is 4.79 Å². The second-order valence-corrected chi connectivity index (χ2v) is 4.49. The maximum absolute atomic E-state index is 11.8. The fourth-order valence-corrected chi connectivity index (χ4v) is 2.12. The second-order valence-electron chi connectivity index (χ2n) is 4.49. The van der Waals surface area contributed by atoms with Crippen LogP contribution in [0.3, 0.4) is 0 Å². The molecule has 0 N–H and O–H groups in total. The van der Waals surface area contributed by atoms with E-state index >= 15 is 0 Å². The maximum atomic E-state index is 11.8. The Bertz CT molecular complexity index is 267. The molecule has 0 aromatic heterocycles. The van der Waals surface area contributed by atoms with Crippen molar-refractivity contribution >= 4 is 5.97 Å². The van der Waals surface area contributed by atoms with Gasteiger partial charge < -0.3 is 14.2 Å². The van der Waals surface area contributed by atoms with Crippen LogP contribution >= 0.6 is 0 Å². The van der Waals surface area contributed by atoms with Gasteiger partial charge in [-0.05, 0) is 32.1 Å². The summed E-state index contributed by atoms with van der Waals surface area (Å²) in [4.78, 5) is 11.8. The third kappa shape index (κ3) is 4.13. The molecule has 1 aliphatic rings. The van der Waals surface area contributed by atoms with Crippen LogP contribution in [-0.2, 0) is 19.0 Å². The van der Waals surface area contributed by atoms with Crippen molar-refractivity contribution in [3.63, 3.8) is 0 Å². The number of methoxy groups -OCH3 is 1. The van der Waals surface area contributed by atoms with E-state index in [1.54, 1.807) is 0 Å². The van der Waals surface area contributed by atoms with Crippen LogP contribution in [0.4, 0.5) is 0 Å². The van der Waals surface area contributed by atoms with Gasteiger partial charge in [0.1, 0.15) is 12.4 Å². The maximum Gasteiger partial charge on any atom is 0.336 e. The van der Waals surface area contributed by atoms with Crippen LogP contribution in [0.25, 0.3) is 0 Å². The first-order chi connectivity index (χ1) is 8.13. The molecule has 0 radical (unpaired) electrons. The number of carbonyl (C=O) groups is 1. The molecule has 0 spiro atoms. The Morgan fingerprint density at radius 3 is 2.53 bits per heavy atom. The van der Waals surface area contributed by atoms with Crippen LogP contribution < -0.4 is 0 Å². The molecule has 0 heterocycles. The number of ether oxygens (including phenoxy) is 3. The lowest BCUT2D eigenvalue weighted by Gasteiger charge is -2.28. The van der Waals surface area contributed by atoms with Gasteiger partial charge in [-0.25, -0.2) is 4.79 Å². The van der Waals surface area contributed by atoms with E-state index in [-0.39, 0.29) is 25.0 Å². The molecule has 0 unspecified atom stereocenters. The highest BCUT2D eigenvalue weighted by Crippen LogP contribution is 2.36. The number of rotatable bonds is 7. The van der Waals surface area contributed by atoms with Gasteiger partial charge in [0.25, 0.3) is 0 Å². The molecule has 17 heavy (non-hydrogen) atoms. The molecule has 1 aliphatic carbocycles. The Balaban J connectivity index is 2.39. The molecule has 4 nitrogen and oxygen atoms in total. The van der Waals surface area contributed by atoms with Crippen LogP contribution in [0.5, 0.6) is 0 Å². The molecule has 0 atom stereocenters. The zero-order valence-corrected chi connectivity index (χ0v) is 10.8. The molecule has 1 saturated carbocycles. The molecule has 0 saturated heterocycles. The van der Waals surface area contributed by atoms with Gasteiger partial charge in [-0.2, -0.15) is 0 Å². The van der Waals surface area contributed by atoms with Crippen LogP contribution in [-0.4, -0.2) is 32.1 Å².